The summed E-state index contributed by atoms with van der Waals surface area (Å²) in [5, 5.41) is 9.36. The zero-order valence-corrected chi connectivity index (χ0v) is 16.9. The van der Waals surface area contributed by atoms with Crippen molar-refractivity contribution in [3.8, 4) is 17.1 Å². The Labute approximate surface area is 169 Å². The van der Waals surface area contributed by atoms with Crippen LogP contribution in [0.1, 0.15) is 11.3 Å². The van der Waals surface area contributed by atoms with Crippen LogP contribution in [0, 0.1) is 13.8 Å². The normalized spacial score (nSPS) is 14.7. The van der Waals surface area contributed by atoms with E-state index in [1.54, 1.807) is 7.11 Å². The molecule has 0 spiro atoms. The molecule has 0 radical (unpaired) electrons. The van der Waals surface area contributed by atoms with Gasteiger partial charge in [0.2, 0.25) is 5.88 Å². The third-order valence-corrected chi connectivity index (χ3v) is 5.47. The Morgan fingerprint density at radius 2 is 1.90 bits per heavy atom. The lowest BCUT2D eigenvalue weighted by Gasteiger charge is -2.30. The molecule has 7 nitrogen and oxygen atoms in total. The van der Waals surface area contributed by atoms with Gasteiger partial charge in [-0.2, -0.15) is 5.10 Å². The average molecular weight is 388 g/mol. The van der Waals surface area contributed by atoms with Crippen LogP contribution in [0.3, 0.4) is 0 Å². The number of hydrogen-bond donors (Lipinski definition) is 1. The highest BCUT2D eigenvalue weighted by Crippen LogP contribution is 2.35. The monoisotopic (exact) mass is 388 g/mol. The Morgan fingerprint density at radius 1 is 1.07 bits per heavy atom. The summed E-state index contributed by atoms with van der Waals surface area (Å²) >= 11 is 0. The first kappa shape index (κ1) is 17.9. The summed E-state index contributed by atoms with van der Waals surface area (Å²) in [6.45, 7) is 7.93. The van der Waals surface area contributed by atoms with Gasteiger partial charge in [-0.15, -0.1) is 0 Å². The fourth-order valence-electron chi connectivity index (χ4n) is 4.06. The number of benzene rings is 1. The SMILES string of the molecule is COc1cc(N2CCNCC2)c2cccc(-c3cc(C)c4nc(C)cn4n3)c2n1. The number of hydrogen-bond acceptors (Lipinski definition) is 6. The van der Waals surface area contributed by atoms with Crippen LogP contribution in [-0.4, -0.2) is 52.9 Å². The van der Waals surface area contributed by atoms with Crippen molar-refractivity contribution in [3.05, 3.63) is 47.8 Å². The van der Waals surface area contributed by atoms with Crippen molar-refractivity contribution in [2.24, 2.45) is 0 Å². The molecular formula is C22H24N6O. The van der Waals surface area contributed by atoms with E-state index in [0.29, 0.717) is 5.88 Å². The lowest BCUT2D eigenvalue weighted by atomic mass is 10.0. The number of fused-ring (bicyclic) bond motifs is 2. The van der Waals surface area contributed by atoms with Crippen LogP contribution in [-0.2, 0) is 0 Å². The van der Waals surface area contributed by atoms with E-state index in [1.807, 2.05) is 23.7 Å². The number of anilines is 1. The van der Waals surface area contributed by atoms with Gasteiger partial charge in [0, 0.05) is 43.2 Å². The number of pyridine rings is 1. The van der Waals surface area contributed by atoms with Crippen LogP contribution in [0.15, 0.2) is 36.5 Å². The number of piperazine rings is 1. The molecule has 4 aromatic rings. The van der Waals surface area contributed by atoms with Crippen molar-refractivity contribution in [3.63, 3.8) is 0 Å². The number of para-hydroxylation sites is 1. The molecule has 0 bridgehead atoms. The molecule has 1 fully saturated rings. The average Bonchev–Trinajstić information content (AvgIpc) is 3.14. The van der Waals surface area contributed by atoms with Crippen LogP contribution in [0.4, 0.5) is 5.69 Å². The number of aryl methyl sites for hydroxylation is 2. The summed E-state index contributed by atoms with van der Waals surface area (Å²) in [5.74, 6) is 0.620. The highest BCUT2D eigenvalue weighted by Gasteiger charge is 2.18. The van der Waals surface area contributed by atoms with E-state index in [9.17, 15) is 0 Å². The van der Waals surface area contributed by atoms with Crippen molar-refractivity contribution in [1.82, 2.24) is 24.9 Å². The maximum Gasteiger partial charge on any atom is 0.215 e. The minimum Gasteiger partial charge on any atom is -0.481 e. The highest BCUT2D eigenvalue weighted by atomic mass is 16.5. The number of methoxy groups -OCH3 is 1. The van der Waals surface area contributed by atoms with E-state index in [2.05, 4.69) is 46.4 Å². The number of rotatable bonds is 3. The first-order valence-electron chi connectivity index (χ1n) is 9.91. The number of nitrogens with zero attached hydrogens (tertiary/aromatic N) is 5. The van der Waals surface area contributed by atoms with Gasteiger partial charge in [0.25, 0.3) is 0 Å². The molecule has 0 atom stereocenters. The van der Waals surface area contributed by atoms with E-state index in [0.717, 1.165) is 70.9 Å². The van der Waals surface area contributed by atoms with Crippen molar-refractivity contribution in [2.75, 3.05) is 38.2 Å². The van der Waals surface area contributed by atoms with E-state index in [-0.39, 0.29) is 0 Å². The second-order valence-corrected chi connectivity index (χ2v) is 7.49. The Balaban J connectivity index is 1.74. The van der Waals surface area contributed by atoms with Gasteiger partial charge in [-0.1, -0.05) is 18.2 Å². The smallest absolute Gasteiger partial charge is 0.215 e. The molecule has 0 amide bonds. The molecule has 1 aromatic carbocycles. The Bertz CT molecular complexity index is 1210. The first-order chi connectivity index (χ1) is 14.1. The van der Waals surface area contributed by atoms with Gasteiger partial charge < -0.3 is 15.0 Å². The minimum atomic E-state index is 0.620. The quantitative estimate of drug-likeness (QED) is 0.582. The summed E-state index contributed by atoms with van der Waals surface area (Å²) < 4.78 is 7.41. The highest BCUT2D eigenvalue weighted by molar-refractivity contribution is 6.00. The summed E-state index contributed by atoms with van der Waals surface area (Å²) in [4.78, 5) is 11.8. The molecule has 29 heavy (non-hydrogen) atoms. The lowest BCUT2D eigenvalue weighted by Crippen LogP contribution is -2.43. The van der Waals surface area contributed by atoms with Crippen LogP contribution in [0.5, 0.6) is 5.88 Å². The summed E-state index contributed by atoms with van der Waals surface area (Å²) in [6, 6.07) is 10.4. The van der Waals surface area contributed by atoms with E-state index in [1.165, 1.54) is 0 Å². The van der Waals surface area contributed by atoms with Gasteiger partial charge in [-0.3, -0.25) is 0 Å². The molecule has 0 aliphatic carbocycles. The Morgan fingerprint density at radius 3 is 2.69 bits per heavy atom. The maximum absolute atomic E-state index is 5.55. The molecule has 5 rings (SSSR count). The van der Waals surface area contributed by atoms with Crippen molar-refractivity contribution in [2.45, 2.75) is 13.8 Å². The summed E-state index contributed by atoms with van der Waals surface area (Å²) in [5.41, 5.74) is 6.87. The van der Waals surface area contributed by atoms with Gasteiger partial charge in [-0.25, -0.2) is 14.5 Å². The molecule has 0 unspecified atom stereocenters. The molecule has 1 saturated heterocycles. The molecule has 4 heterocycles. The zero-order chi connectivity index (χ0) is 20.0. The van der Waals surface area contributed by atoms with Crippen LogP contribution in [0.25, 0.3) is 27.8 Å². The number of ether oxygens (including phenoxy) is 1. The number of nitrogens with one attached hydrogen (secondary N) is 1. The minimum absolute atomic E-state index is 0.620. The van der Waals surface area contributed by atoms with Gasteiger partial charge in [-0.05, 0) is 25.5 Å². The molecule has 7 heteroatoms. The Kier molecular flexibility index (Phi) is 4.32. The predicted molar refractivity (Wildman–Crippen MR) is 115 cm³/mol. The van der Waals surface area contributed by atoms with Gasteiger partial charge >= 0.3 is 0 Å². The van der Waals surface area contributed by atoms with Crippen molar-refractivity contribution in [1.29, 1.82) is 0 Å². The van der Waals surface area contributed by atoms with Crippen LogP contribution in [0.2, 0.25) is 0 Å². The zero-order valence-electron chi connectivity index (χ0n) is 16.9. The van der Waals surface area contributed by atoms with E-state index in [4.69, 9.17) is 14.8 Å². The number of aromatic nitrogens is 4. The fraction of sp³-hybridized carbons (Fsp3) is 0.318. The second-order valence-electron chi connectivity index (χ2n) is 7.49. The predicted octanol–water partition coefficient (Wildman–Crippen LogP) is 2.98. The maximum atomic E-state index is 5.55. The molecule has 0 saturated carbocycles. The molecule has 148 valence electrons. The van der Waals surface area contributed by atoms with Gasteiger partial charge in [0.05, 0.1) is 35.9 Å². The summed E-state index contributed by atoms with van der Waals surface area (Å²) in [7, 11) is 1.67. The largest absolute Gasteiger partial charge is 0.481 e. The van der Waals surface area contributed by atoms with Crippen molar-refractivity contribution >= 4 is 22.2 Å². The second kappa shape index (κ2) is 7.00. The summed E-state index contributed by atoms with van der Waals surface area (Å²) in [6.07, 6.45) is 1.96. The topological polar surface area (TPSA) is 67.6 Å². The number of imidazole rings is 1. The van der Waals surface area contributed by atoms with Crippen LogP contribution < -0.4 is 15.0 Å². The Hall–Kier alpha value is -3.19. The van der Waals surface area contributed by atoms with Gasteiger partial charge in [0.1, 0.15) is 0 Å². The molecule has 3 aromatic heterocycles. The van der Waals surface area contributed by atoms with Crippen LogP contribution >= 0.6 is 0 Å². The van der Waals surface area contributed by atoms with E-state index < -0.39 is 0 Å². The molecule has 1 aliphatic rings. The van der Waals surface area contributed by atoms with Gasteiger partial charge in [0.15, 0.2) is 5.65 Å². The third kappa shape index (κ3) is 3.07. The first-order valence-corrected chi connectivity index (χ1v) is 9.91. The van der Waals surface area contributed by atoms with E-state index >= 15 is 0 Å². The molecular weight excluding hydrogens is 364 g/mol. The fourth-order valence-corrected chi connectivity index (χ4v) is 4.06. The van der Waals surface area contributed by atoms with Crippen molar-refractivity contribution < 1.29 is 4.74 Å². The lowest BCUT2D eigenvalue weighted by molar-refractivity contribution is 0.399. The molecule has 1 aliphatic heterocycles. The molecule has 1 N–H and O–H groups in total. The third-order valence-electron chi connectivity index (χ3n) is 5.47. The standard InChI is InChI=1S/C22H24N6O/c1-14-11-18(26-28-13-15(2)24-22(14)28)16-5-4-6-17-19(27-9-7-23-8-10-27)12-20(29-3)25-21(16)17/h4-6,11-13,23H,7-10H2,1-3H3.